The number of hydrogen-bond donors (Lipinski definition) is 1. The van der Waals surface area contributed by atoms with Crippen LogP contribution < -0.4 is 5.32 Å². The van der Waals surface area contributed by atoms with Gasteiger partial charge in [-0.25, -0.2) is 0 Å². The van der Waals surface area contributed by atoms with Crippen LogP contribution in [0.1, 0.15) is 17.5 Å². The van der Waals surface area contributed by atoms with E-state index in [0.717, 1.165) is 19.5 Å². The molecule has 0 saturated carbocycles. The second kappa shape index (κ2) is 7.82. The molecule has 3 heteroatoms. The first-order chi connectivity index (χ1) is 8.90. The Morgan fingerprint density at radius 1 is 1.17 bits per heavy atom. The molecule has 2 rings (SSSR count). The number of nitrogens with zero attached hydrogens (tertiary/aromatic N) is 1. The van der Waals surface area contributed by atoms with Gasteiger partial charge in [0.2, 0.25) is 0 Å². The van der Waals surface area contributed by atoms with Gasteiger partial charge in [-0.2, -0.15) is 11.8 Å². The summed E-state index contributed by atoms with van der Waals surface area (Å²) in [7, 11) is 2.02. The van der Waals surface area contributed by atoms with E-state index in [9.17, 15) is 0 Å². The minimum atomic E-state index is 1.06. The molecule has 1 aromatic carbocycles. The van der Waals surface area contributed by atoms with Crippen molar-refractivity contribution in [1.82, 2.24) is 10.2 Å². The van der Waals surface area contributed by atoms with Crippen LogP contribution in [0, 0.1) is 0 Å². The summed E-state index contributed by atoms with van der Waals surface area (Å²) in [6, 6.07) is 8.90. The molecule has 1 aliphatic rings. The maximum Gasteiger partial charge on any atom is 0.0236 e. The summed E-state index contributed by atoms with van der Waals surface area (Å²) in [6.07, 6.45) is 2.47. The Morgan fingerprint density at radius 3 is 2.83 bits per heavy atom. The third-order valence-electron chi connectivity index (χ3n) is 3.47. The monoisotopic (exact) mass is 264 g/mol. The quantitative estimate of drug-likeness (QED) is 0.879. The first kappa shape index (κ1) is 13.9. The zero-order chi connectivity index (χ0) is 12.6. The lowest BCUT2D eigenvalue weighted by Crippen LogP contribution is -2.26. The van der Waals surface area contributed by atoms with Crippen LogP contribution in [0.5, 0.6) is 0 Å². The molecule has 0 unspecified atom stereocenters. The van der Waals surface area contributed by atoms with Gasteiger partial charge in [-0.3, -0.25) is 4.90 Å². The zero-order valence-electron chi connectivity index (χ0n) is 11.3. The molecule has 1 fully saturated rings. The summed E-state index contributed by atoms with van der Waals surface area (Å²) >= 11 is 2.10. The Balaban J connectivity index is 1.98. The summed E-state index contributed by atoms with van der Waals surface area (Å²) in [4.78, 5) is 2.61. The number of thioether (sulfide) groups is 1. The van der Waals surface area contributed by atoms with E-state index < -0.39 is 0 Å². The van der Waals surface area contributed by atoms with Gasteiger partial charge in [0.05, 0.1) is 0 Å². The number of rotatable bonds is 5. The highest BCUT2D eigenvalue weighted by Crippen LogP contribution is 2.16. The van der Waals surface area contributed by atoms with E-state index in [-0.39, 0.29) is 0 Å². The average molecular weight is 264 g/mol. The number of nitrogens with one attached hydrogen (secondary N) is 1. The minimum Gasteiger partial charge on any atom is -0.319 e. The summed E-state index contributed by atoms with van der Waals surface area (Å²) in [5, 5.41) is 3.24. The Hall–Kier alpha value is -0.510. The molecule has 1 saturated heterocycles. The van der Waals surface area contributed by atoms with E-state index in [1.54, 1.807) is 0 Å². The van der Waals surface area contributed by atoms with Gasteiger partial charge in [-0.05, 0) is 49.9 Å². The molecule has 2 nitrogen and oxygen atoms in total. The lowest BCUT2D eigenvalue weighted by molar-refractivity contribution is 0.286. The van der Waals surface area contributed by atoms with Crippen molar-refractivity contribution in [2.24, 2.45) is 0 Å². The summed E-state index contributed by atoms with van der Waals surface area (Å²) in [5.74, 6) is 2.62. The molecule has 0 aliphatic carbocycles. The molecule has 0 radical (unpaired) electrons. The van der Waals surface area contributed by atoms with Crippen molar-refractivity contribution in [3.63, 3.8) is 0 Å². The normalized spacial score (nSPS) is 17.6. The molecule has 1 aliphatic heterocycles. The Labute approximate surface area is 115 Å². The van der Waals surface area contributed by atoms with E-state index in [1.165, 1.54) is 42.1 Å². The van der Waals surface area contributed by atoms with Crippen LogP contribution in [0.2, 0.25) is 0 Å². The summed E-state index contributed by atoms with van der Waals surface area (Å²) < 4.78 is 0. The van der Waals surface area contributed by atoms with Gasteiger partial charge in [0.1, 0.15) is 0 Å². The first-order valence-corrected chi connectivity index (χ1v) is 8.07. The van der Waals surface area contributed by atoms with Crippen molar-refractivity contribution in [2.75, 3.05) is 38.2 Å². The van der Waals surface area contributed by atoms with Crippen molar-refractivity contribution in [2.45, 2.75) is 19.4 Å². The highest BCUT2D eigenvalue weighted by atomic mass is 32.2. The number of hydrogen-bond acceptors (Lipinski definition) is 3. The highest BCUT2D eigenvalue weighted by Gasteiger charge is 2.11. The van der Waals surface area contributed by atoms with Gasteiger partial charge >= 0.3 is 0 Å². The van der Waals surface area contributed by atoms with Gasteiger partial charge in [0.15, 0.2) is 0 Å². The summed E-state index contributed by atoms with van der Waals surface area (Å²) in [5.41, 5.74) is 3.02. The second-order valence-corrected chi connectivity index (χ2v) is 6.09. The van der Waals surface area contributed by atoms with Crippen LogP contribution in [0.25, 0.3) is 0 Å². The Kier molecular flexibility index (Phi) is 6.05. The van der Waals surface area contributed by atoms with Crippen LogP contribution in [0.15, 0.2) is 24.3 Å². The van der Waals surface area contributed by atoms with Gasteiger partial charge in [-0.1, -0.05) is 24.3 Å². The molecule has 18 heavy (non-hydrogen) atoms. The maximum atomic E-state index is 3.24. The lowest BCUT2D eigenvalue weighted by Gasteiger charge is -2.21. The molecular weight excluding hydrogens is 240 g/mol. The third kappa shape index (κ3) is 4.30. The van der Waals surface area contributed by atoms with Gasteiger partial charge in [-0.15, -0.1) is 0 Å². The van der Waals surface area contributed by atoms with Crippen molar-refractivity contribution in [3.05, 3.63) is 35.4 Å². The zero-order valence-corrected chi connectivity index (χ0v) is 12.1. The van der Waals surface area contributed by atoms with Crippen LogP contribution in [0.4, 0.5) is 0 Å². The molecule has 0 bridgehead atoms. The van der Waals surface area contributed by atoms with Gasteiger partial charge in [0.25, 0.3) is 0 Å². The average Bonchev–Trinajstić information content (AvgIpc) is 2.66. The molecule has 100 valence electrons. The minimum absolute atomic E-state index is 1.06. The van der Waals surface area contributed by atoms with Crippen molar-refractivity contribution < 1.29 is 0 Å². The third-order valence-corrected chi connectivity index (χ3v) is 4.52. The van der Waals surface area contributed by atoms with Crippen LogP contribution >= 0.6 is 11.8 Å². The lowest BCUT2D eigenvalue weighted by atomic mass is 10.0. The highest BCUT2D eigenvalue weighted by molar-refractivity contribution is 7.99. The fraction of sp³-hybridized carbons (Fsp3) is 0.600. The van der Waals surface area contributed by atoms with Crippen molar-refractivity contribution in [3.8, 4) is 0 Å². The van der Waals surface area contributed by atoms with E-state index in [1.807, 2.05) is 7.05 Å². The molecule has 0 aromatic heterocycles. The SMILES string of the molecule is CNCCc1ccccc1CN1CCCSCC1. The standard InChI is InChI=1S/C15H24N2S/c1-16-8-7-14-5-2-3-6-15(14)13-17-9-4-11-18-12-10-17/h2-3,5-6,16H,4,7-13H2,1H3. The van der Waals surface area contributed by atoms with E-state index in [0.29, 0.717) is 0 Å². The molecule has 0 atom stereocenters. The van der Waals surface area contributed by atoms with Crippen LogP contribution in [-0.2, 0) is 13.0 Å². The molecule has 0 spiro atoms. The predicted octanol–water partition coefficient (Wildman–Crippen LogP) is 2.39. The van der Waals surface area contributed by atoms with E-state index in [2.05, 4.69) is 46.2 Å². The Bertz CT molecular complexity index is 346. The number of benzene rings is 1. The molecule has 1 aromatic rings. The second-order valence-electron chi connectivity index (χ2n) is 4.86. The molecule has 1 N–H and O–H groups in total. The maximum absolute atomic E-state index is 3.24. The first-order valence-electron chi connectivity index (χ1n) is 6.91. The smallest absolute Gasteiger partial charge is 0.0236 e. The fourth-order valence-electron chi connectivity index (χ4n) is 2.41. The fourth-order valence-corrected chi connectivity index (χ4v) is 3.34. The van der Waals surface area contributed by atoms with Gasteiger partial charge in [0, 0.05) is 18.8 Å². The largest absolute Gasteiger partial charge is 0.319 e. The van der Waals surface area contributed by atoms with Crippen LogP contribution in [0.3, 0.4) is 0 Å². The molecule has 1 heterocycles. The van der Waals surface area contributed by atoms with Crippen LogP contribution in [-0.4, -0.2) is 43.1 Å². The number of likely N-dealkylation sites (N-methyl/N-ethyl adjacent to an activating group) is 1. The molecular formula is C15H24N2S. The predicted molar refractivity (Wildman–Crippen MR) is 81.3 cm³/mol. The topological polar surface area (TPSA) is 15.3 Å². The van der Waals surface area contributed by atoms with Gasteiger partial charge < -0.3 is 5.32 Å². The van der Waals surface area contributed by atoms with E-state index in [4.69, 9.17) is 0 Å². The van der Waals surface area contributed by atoms with Crippen molar-refractivity contribution >= 4 is 11.8 Å². The summed E-state index contributed by atoms with van der Waals surface area (Å²) in [6.45, 7) is 4.69. The van der Waals surface area contributed by atoms with Crippen molar-refractivity contribution in [1.29, 1.82) is 0 Å². The van der Waals surface area contributed by atoms with E-state index >= 15 is 0 Å². The Morgan fingerprint density at radius 2 is 2.00 bits per heavy atom. The molecule has 0 amide bonds.